The van der Waals surface area contributed by atoms with E-state index in [1.54, 1.807) is 0 Å². The quantitative estimate of drug-likeness (QED) is 0.778. The van der Waals surface area contributed by atoms with E-state index in [4.69, 9.17) is 11.6 Å². The molecule has 0 unspecified atom stereocenters. The summed E-state index contributed by atoms with van der Waals surface area (Å²) in [6.45, 7) is 0.804. The predicted octanol–water partition coefficient (Wildman–Crippen LogP) is 1.81. The lowest BCUT2D eigenvalue weighted by Gasteiger charge is -2.23. The van der Waals surface area contributed by atoms with E-state index in [9.17, 15) is 17.6 Å². The fourth-order valence-electron chi connectivity index (χ4n) is 1.35. The Labute approximate surface area is 116 Å². The normalized spacial score (nSPS) is 11.2. The van der Waals surface area contributed by atoms with Crippen LogP contribution in [0.1, 0.15) is 6.92 Å². The molecule has 106 valence electrons. The Bertz CT molecular complexity index is 576. The highest BCUT2D eigenvalue weighted by atomic mass is 35.5. The van der Waals surface area contributed by atoms with E-state index in [0.29, 0.717) is 4.31 Å². The molecule has 0 aliphatic heterocycles. The molecule has 0 aliphatic rings. The number of nitrogens with zero attached hydrogens (tertiary/aromatic N) is 1. The number of rotatable bonds is 5. The molecule has 5 nitrogen and oxygen atoms in total. The van der Waals surface area contributed by atoms with Crippen LogP contribution in [-0.4, -0.2) is 33.8 Å². The third kappa shape index (κ3) is 3.81. The van der Waals surface area contributed by atoms with Crippen LogP contribution in [0.3, 0.4) is 0 Å². The highest BCUT2D eigenvalue weighted by Crippen LogP contribution is 2.25. The minimum absolute atomic E-state index is 0.133. The predicted molar refractivity (Wildman–Crippen MR) is 70.2 cm³/mol. The van der Waals surface area contributed by atoms with E-state index < -0.39 is 28.4 Å². The van der Waals surface area contributed by atoms with Gasteiger partial charge in [-0.2, -0.15) is 0 Å². The van der Waals surface area contributed by atoms with Gasteiger partial charge in [-0.1, -0.05) is 11.6 Å². The van der Waals surface area contributed by atoms with E-state index in [-0.39, 0.29) is 16.5 Å². The minimum atomic E-state index is -3.80. The summed E-state index contributed by atoms with van der Waals surface area (Å²) in [6.07, 6.45) is 0. The van der Waals surface area contributed by atoms with Gasteiger partial charge in [-0.3, -0.25) is 9.10 Å². The highest BCUT2D eigenvalue weighted by Gasteiger charge is 2.26. The van der Waals surface area contributed by atoms with E-state index in [2.05, 4.69) is 4.74 Å². The molecule has 0 atom stereocenters. The van der Waals surface area contributed by atoms with Crippen LogP contribution in [0, 0.1) is 5.82 Å². The average molecular weight is 310 g/mol. The number of esters is 1. The highest BCUT2D eigenvalue weighted by molar-refractivity contribution is 7.92. The van der Waals surface area contributed by atoms with E-state index in [1.165, 1.54) is 19.1 Å². The maximum absolute atomic E-state index is 13.8. The molecular formula is C11H13ClFNO4S. The molecule has 8 heteroatoms. The first kappa shape index (κ1) is 15.7. The van der Waals surface area contributed by atoms with Crippen LogP contribution in [0.4, 0.5) is 10.1 Å². The van der Waals surface area contributed by atoms with E-state index in [0.717, 1.165) is 13.2 Å². The van der Waals surface area contributed by atoms with Gasteiger partial charge in [0, 0.05) is 5.02 Å². The SMILES string of the molecule is CCS(=O)(=O)N(CC(=O)OC)c1ccc(Cl)cc1F. The second-order valence-corrected chi connectivity index (χ2v) is 6.20. The van der Waals surface area contributed by atoms with Crippen LogP contribution in [0.25, 0.3) is 0 Å². The summed E-state index contributed by atoms with van der Waals surface area (Å²) in [5.74, 6) is -1.88. The van der Waals surface area contributed by atoms with Gasteiger partial charge in [-0.15, -0.1) is 0 Å². The Morgan fingerprint density at radius 2 is 2.11 bits per heavy atom. The molecule has 1 rings (SSSR count). The molecule has 0 bridgehead atoms. The number of carbonyl (C=O) groups excluding carboxylic acids is 1. The summed E-state index contributed by atoms with van der Waals surface area (Å²) in [5.41, 5.74) is -0.239. The van der Waals surface area contributed by atoms with Gasteiger partial charge < -0.3 is 4.74 Å². The van der Waals surface area contributed by atoms with Gasteiger partial charge in [0.1, 0.15) is 12.4 Å². The third-order valence-corrected chi connectivity index (χ3v) is 4.34. The number of sulfonamides is 1. The van der Waals surface area contributed by atoms with E-state index >= 15 is 0 Å². The summed E-state index contributed by atoms with van der Waals surface area (Å²) in [6, 6.07) is 3.52. The average Bonchev–Trinajstić information content (AvgIpc) is 2.36. The van der Waals surface area contributed by atoms with Gasteiger partial charge >= 0.3 is 5.97 Å². The van der Waals surface area contributed by atoms with Crippen LogP contribution in [0.5, 0.6) is 0 Å². The maximum atomic E-state index is 13.8. The second kappa shape index (κ2) is 6.21. The van der Waals surface area contributed by atoms with Crippen molar-refractivity contribution in [2.24, 2.45) is 0 Å². The first-order valence-corrected chi connectivity index (χ1v) is 7.32. The van der Waals surface area contributed by atoms with Crippen LogP contribution >= 0.6 is 11.6 Å². The summed E-state index contributed by atoms with van der Waals surface area (Å²) < 4.78 is 42.7. The molecule has 1 aromatic carbocycles. The molecule has 0 spiro atoms. The van der Waals surface area contributed by atoms with Crippen molar-refractivity contribution in [3.8, 4) is 0 Å². The number of hydrogen-bond donors (Lipinski definition) is 0. The zero-order valence-corrected chi connectivity index (χ0v) is 12.0. The number of anilines is 1. The van der Waals surface area contributed by atoms with Crippen molar-refractivity contribution in [2.75, 3.05) is 23.7 Å². The number of carbonyl (C=O) groups is 1. The van der Waals surface area contributed by atoms with Crippen molar-refractivity contribution in [1.82, 2.24) is 0 Å². The largest absolute Gasteiger partial charge is 0.468 e. The van der Waals surface area contributed by atoms with Crippen LogP contribution in [0.15, 0.2) is 18.2 Å². The maximum Gasteiger partial charge on any atom is 0.326 e. The molecule has 0 aliphatic carbocycles. The van der Waals surface area contributed by atoms with Crippen LogP contribution < -0.4 is 4.31 Å². The van der Waals surface area contributed by atoms with Crippen molar-refractivity contribution >= 4 is 33.3 Å². The van der Waals surface area contributed by atoms with Gasteiger partial charge in [0.05, 0.1) is 18.6 Å². The number of ether oxygens (including phenoxy) is 1. The lowest BCUT2D eigenvalue weighted by Crippen LogP contribution is -2.37. The summed E-state index contributed by atoms with van der Waals surface area (Å²) in [7, 11) is -2.68. The summed E-state index contributed by atoms with van der Waals surface area (Å²) in [5, 5.41) is 0.133. The third-order valence-electron chi connectivity index (χ3n) is 2.38. The fourth-order valence-corrected chi connectivity index (χ4v) is 2.57. The van der Waals surface area contributed by atoms with Crippen LogP contribution in [0.2, 0.25) is 5.02 Å². The molecule has 0 saturated heterocycles. The Balaban J connectivity index is 3.27. The summed E-state index contributed by atoms with van der Waals surface area (Å²) in [4.78, 5) is 11.3. The van der Waals surface area contributed by atoms with Crippen molar-refractivity contribution in [2.45, 2.75) is 6.92 Å². The molecule has 1 aromatic rings. The monoisotopic (exact) mass is 309 g/mol. The smallest absolute Gasteiger partial charge is 0.326 e. The first-order chi connectivity index (χ1) is 8.81. The number of benzene rings is 1. The fraction of sp³-hybridized carbons (Fsp3) is 0.364. The second-order valence-electron chi connectivity index (χ2n) is 3.58. The molecule has 0 aromatic heterocycles. The van der Waals surface area contributed by atoms with Gasteiger partial charge in [-0.25, -0.2) is 12.8 Å². The number of halogens is 2. The van der Waals surface area contributed by atoms with Crippen LogP contribution in [-0.2, 0) is 19.6 Å². The van der Waals surface area contributed by atoms with Crippen molar-refractivity contribution in [3.05, 3.63) is 29.0 Å². The number of hydrogen-bond acceptors (Lipinski definition) is 4. The zero-order valence-electron chi connectivity index (χ0n) is 10.4. The molecule has 0 fully saturated rings. The van der Waals surface area contributed by atoms with Gasteiger partial charge in [0.2, 0.25) is 10.0 Å². The lowest BCUT2D eigenvalue weighted by atomic mass is 10.3. The molecule has 0 amide bonds. The van der Waals surface area contributed by atoms with Gasteiger partial charge in [0.25, 0.3) is 0 Å². The molecule has 0 saturated carbocycles. The van der Waals surface area contributed by atoms with Crippen molar-refractivity contribution in [3.63, 3.8) is 0 Å². The van der Waals surface area contributed by atoms with Gasteiger partial charge in [0.15, 0.2) is 0 Å². The van der Waals surface area contributed by atoms with Crippen molar-refractivity contribution < 1.29 is 22.3 Å². The lowest BCUT2D eigenvalue weighted by molar-refractivity contribution is -0.138. The molecule has 0 radical (unpaired) electrons. The first-order valence-electron chi connectivity index (χ1n) is 5.34. The summed E-state index contributed by atoms with van der Waals surface area (Å²) >= 11 is 5.60. The topological polar surface area (TPSA) is 63.7 Å². The molecular weight excluding hydrogens is 297 g/mol. The molecule has 0 N–H and O–H groups in total. The Hall–Kier alpha value is -1.34. The number of methoxy groups -OCH3 is 1. The minimum Gasteiger partial charge on any atom is -0.468 e. The Kier molecular flexibility index (Phi) is 5.13. The van der Waals surface area contributed by atoms with Gasteiger partial charge in [-0.05, 0) is 25.1 Å². The Morgan fingerprint density at radius 1 is 1.47 bits per heavy atom. The zero-order chi connectivity index (χ0) is 14.6. The molecule has 19 heavy (non-hydrogen) atoms. The van der Waals surface area contributed by atoms with E-state index in [1.807, 2.05) is 0 Å². The standard InChI is InChI=1S/C11H13ClFNO4S/c1-3-19(16,17)14(7-11(15)18-2)10-5-4-8(12)6-9(10)13/h4-6H,3,7H2,1-2H3. The Morgan fingerprint density at radius 3 is 2.58 bits per heavy atom. The molecule has 0 heterocycles. The van der Waals surface area contributed by atoms with Crippen molar-refractivity contribution in [1.29, 1.82) is 0 Å².